The fourth-order valence-corrected chi connectivity index (χ4v) is 5.87. The SMILES string of the molecule is CC=C(C1CC(C)CCC1C(C)C)C1CC(C)CCC1C(C)C. The number of hydrogen-bond acceptors (Lipinski definition) is 0. The normalized spacial score (nSPS) is 38.8. The van der Waals surface area contributed by atoms with Crippen LogP contribution in [0.1, 0.15) is 87.0 Å². The van der Waals surface area contributed by atoms with Crippen molar-refractivity contribution in [1.82, 2.24) is 0 Å². The van der Waals surface area contributed by atoms with Gasteiger partial charge in [-0.1, -0.05) is 66.0 Å². The smallest absolute Gasteiger partial charge is 0.0167 e. The van der Waals surface area contributed by atoms with Gasteiger partial charge in [0.2, 0.25) is 0 Å². The van der Waals surface area contributed by atoms with E-state index < -0.39 is 0 Å². The predicted molar refractivity (Wildman–Crippen MR) is 103 cm³/mol. The molecule has 0 amide bonds. The zero-order valence-electron chi connectivity index (χ0n) is 16.9. The summed E-state index contributed by atoms with van der Waals surface area (Å²) in [5, 5.41) is 0. The van der Waals surface area contributed by atoms with Gasteiger partial charge in [-0.05, 0) is 80.0 Å². The number of rotatable bonds is 4. The van der Waals surface area contributed by atoms with Gasteiger partial charge < -0.3 is 0 Å². The van der Waals surface area contributed by atoms with Crippen molar-refractivity contribution in [1.29, 1.82) is 0 Å². The van der Waals surface area contributed by atoms with Crippen molar-refractivity contribution in [3.05, 3.63) is 11.6 Å². The van der Waals surface area contributed by atoms with Crippen molar-refractivity contribution in [2.24, 2.45) is 47.3 Å². The van der Waals surface area contributed by atoms with Gasteiger partial charge in [0.15, 0.2) is 0 Å². The third kappa shape index (κ3) is 4.43. The third-order valence-corrected chi connectivity index (χ3v) is 7.23. The van der Waals surface area contributed by atoms with E-state index in [1.54, 1.807) is 0 Å². The molecule has 2 rings (SSSR count). The molecule has 0 aromatic carbocycles. The summed E-state index contributed by atoms with van der Waals surface area (Å²) in [7, 11) is 0. The Labute approximate surface area is 146 Å². The summed E-state index contributed by atoms with van der Waals surface area (Å²) < 4.78 is 0. The second-order valence-electron chi connectivity index (χ2n) is 9.65. The first-order valence-corrected chi connectivity index (χ1v) is 10.5. The van der Waals surface area contributed by atoms with Crippen LogP contribution in [0.15, 0.2) is 11.6 Å². The average Bonchev–Trinajstić information content (AvgIpc) is 2.47. The molecular formula is C23H42. The molecule has 0 spiro atoms. The zero-order chi connectivity index (χ0) is 17.1. The Kier molecular flexibility index (Phi) is 6.81. The highest BCUT2D eigenvalue weighted by Crippen LogP contribution is 2.49. The van der Waals surface area contributed by atoms with Crippen molar-refractivity contribution >= 4 is 0 Å². The van der Waals surface area contributed by atoms with Gasteiger partial charge in [-0.25, -0.2) is 0 Å². The van der Waals surface area contributed by atoms with E-state index in [1.807, 2.05) is 5.57 Å². The quantitative estimate of drug-likeness (QED) is 0.475. The summed E-state index contributed by atoms with van der Waals surface area (Å²) in [5.74, 6) is 7.07. The Morgan fingerprint density at radius 1 is 0.739 bits per heavy atom. The highest BCUT2D eigenvalue weighted by Gasteiger charge is 2.39. The molecule has 23 heavy (non-hydrogen) atoms. The maximum absolute atomic E-state index is 2.55. The molecule has 0 aromatic heterocycles. The van der Waals surface area contributed by atoms with Crippen LogP contribution in [-0.2, 0) is 0 Å². The van der Waals surface area contributed by atoms with Crippen molar-refractivity contribution < 1.29 is 0 Å². The highest BCUT2D eigenvalue weighted by atomic mass is 14.4. The van der Waals surface area contributed by atoms with E-state index in [0.29, 0.717) is 0 Å². The van der Waals surface area contributed by atoms with Crippen molar-refractivity contribution in [3.63, 3.8) is 0 Å². The minimum absolute atomic E-state index is 0.834. The monoisotopic (exact) mass is 318 g/mol. The minimum Gasteiger partial charge on any atom is -0.0879 e. The topological polar surface area (TPSA) is 0 Å². The molecule has 0 heterocycles. The van der Waals surface area contributed by atoms with Gasteiger partial charge in [0, 0.05) is 0 Å². The minimum atomic E-state index is 0.834. The summed E-state index contributed by atoms with van der Waals surface area (Å²) in [4.78, 5) is 0. The van der Waals surface area contributed by atoms with Crippen LogP contribution in [0.4, 0.5) is 0 Å². The molecule has 134 valence electrons. The van der Waals surface area contributed by atoms with E-state index in [9.17, 15) is 0 Å². The molecule has 0 N–H and O–H groups in total. The maximum atomic E-state index is 2.55. The Morgan fingerprint density at radius 2 is 1.13 bits per heavy atom. The largest absolute Gasteiger partial charge is 0.0879 e. The van der Waals surface area contributed by atoms with Crippen LogP contribution in [0, 0.1) is 47.3 Å². The molecule has 2 fully saturated rings. The summed E-state index contributed by atoms with van der Waals surface area (Å²) >= 11 is 0. The predicted octanol–water partition coefficient (Wildman–Crippen LogP) is 7.35. The van der Waals surface area contributed by atoms with Gasteiger partial charge in [0.05, 0.1) is 0 Å². The highest BCUT2D eigenvalue weighted by molar-refractivity contribution is 5.16. The molecule has 6 atom stereocenters. The fraction of sp³-hybridized carbons (Fsp3) is 0.913. The van der Waals surface area contributed by atoms with Gasteiger partial charge in [-0.3, -0.25) is 0 Å². The molecule has 0 aromatic rings. The molecule has 0 nitrogen and oxygen atoms in total. The summed E-state index contributed by atoms with van der Waals surface area (Å²) in [6.07, 6.45) is 11.2. The third-order valence-electron chi connectivity index (χ3n) is 7.23. The van der Waals surface area contributed by atoms with Gasteiger partial charge >= 0.3 is 0 Å². The lowest BCUT2D eigenvalue weighted by Gasteiger charge is -2.46. The summed E-state index contributed by atoms with van der Waals surface area (Å²) in [6.45, 7) is 17.2. The Balaban J connectivity index is 2.27. The Morgan fingerprint density at radius 3 is 1.43 bits per heavy atom. The van der Waals surface area contributed by atoms with E-state index in [2.05, 4.69) is 54.5 Å². The van der Waals surface area contributed by atoms with Crippen LogP contribution < -0.4 is 0 Å². The van der Waals surface area contributed by atoms with Crippen LogP contribution in [0.5, 0.6) is 0 Å². The van der Waals surface area contributed by atoms with E-state index in [1.165, 1.54) is 38.5 Å². The molecule has 2 aliphatic carbocycles. The van der Waals surface area contributed by atoms with Crippen molar-refractivity contribution in [2.75, 3.05) is 0 Å². The van der Waals surface area contributed by atoms with Crippen LogP contribution in [-0.4, -0.2) is 0 Å². The molecule has 0 radical (unpaired) electrons. The van der Waals surface area contributed by atoms with E-state index in [-0.39, 0.29) is 0 Å². The summed E-state index contributed by atoms with van der Waals surface area (Å²) in [5.41, 5.74) is 1.86. The van der Waals surface area contributed by atoms with E-state index >= 15 is 0 Å². The van der Waals surface area contributed by atoms with Gasteiger partial charge in [0.25, 0.3) is 0 Å². The molecule has 6 unspecified atom stereocenters. The maximum Gasteiger partial charge on any atom is -0.0167 e. The first-order valence-electron chi connectivity index (χ1n) is 10.5. The van der Waals surface area contributed by atoms with E-state index in [0.717, 1.165) is 47.3 Å². The van der Waals surface area contributed by atoms with Crippen LogP contribution in [0.3, 0.4) is 0 Å². The molecule has 2 aliphatic rings. The Bertz CT molecular complexity index is 355. The molecule has 0 aliphatic heterocycles. The van der Waals surface area contributed by atoms with Crippen LogP contribution >= 0.6 is 0 Å². The average molecular weight is 319 g/mol. The lowest BCUT2D eigenvalue weighted by molar-refractivity contribution is 0.118. The van der Waals surface area contributed by atoms with Crippen molar-refractivity contribution in [2.45, 2.75) is 87.0 Å². The van der Waals surface area contributed by atoms with Crippen LogP contribution in [0.25, 0.3) is 0 Å². The van der Waals surface area contributed by atoms with Crippen LogP contribution in [0.2, 0.25) is 0 Å². The standard InChI is InChI=1S/C23H42/c1-8-19(22-13-17(6)9-11-20(22)15(2)3)23-14-18(7)10-12-21(23)16(4)5/h8,15-18,20-23H,9-14H2,1-7H3. The molecule has 0 saturated heterocycles. The lowest BCUT2D eigenvalue weighted by Crippen LogP contribution is -2.36. The summed E-state index contributed by atoms with van der Waals surface area (Å²) in [6, 6.07) is 0. The first-order chi connectivity index (χ1) is 10.8. The molecule has 2 saturated carbocycles. The first kappa shape index (κ1) is 19.1. The second kappa shape index (κ2) is 8.21. The lowest BCUT2D eigenvalue weighted by atomic mass is 9.59. The van der Waals surface area contributed by atoms with Gasteiger partial charge in [-0.2, -0.15) is 0 Å². The van der Waals surface area contributed by atoms with Gasteiger partial charge in [-0.15, -0.1) is 0 Å². The molecule has 0 heteroatoms. The zero-order valence-corrected chi connectivity index (χ0v) is 16.9. The molecule has 0 bridgehead atoms. The van der Waals surface area contributed by atoms with E-state index in [4.69, 9.17) is 0 Å². The second-order valence-corrected chi connectivity index (χ2v) is 9.65. The van der Waals surface area contributed by atoms with Gasteiger partial charge in [0.1, 0.15) is 0 Å². The Hall–Kier alpha value is -0.260. The van der Waals surface area contributed by atoms with Crippen molar-refractivity contribution in [3.8, 4) is 0 Å². The molecular weight excluding hydrogens is 276 g/mol. The number of allylic oxidation sites excluding steroid dienone is 2. The fourth-order valence-electron chi connectivity index (χ4n) is 5.87. The number of hydrogen-bond donors (Lipinski definition) is 0.